The largest absolute Gasteiger partial charge is 0.399 e. The van der Waals surface area contributed by atoms with Crippen molar-refractivity contribution in [3.63, 3.8) is 0 Å². The van der Waals surface area contributed by atoms with Crippen molar-refractivity contribution in [3.8, 4) is 0 Å². The molecule has 1 unspecified atom stereocenters. The number of anilines is 2. The van der Waals surface area contributed by atoms with E-state index in [2.05, 4.69) is 4.74 Å². The van der Waals surface area contributed by atoms with Crippen molar-refractivity contribution in [3.05, 3.63) is 23.8 Å². The molecule has 1 atom stereocenters. The van der Waals surface area contributed by atoms with Gasteiger partial charge in [-0.05, 0) is 30.7 Å². The van der Waals surface area contributed by atoms with Crippen LogP contribution in [0.1, 0.15) is 12.5 Å². The molecule has 1 fully saturated rings. The average molecular weight is 393 g/mol. The molecule has 13 nitrogen and oxygen atoms in total. The molecule has 12 N–H and O–H groups in total. The van der Waals surface area contributed by atoms with Crippen LogP contribution < -0.4 is 16.4 Å². The van der Waals surface area contributed by atoms with E-state index in [1.54, 1.807) is 6.92 Å². The van der Waals surface area contributed by atoms with Gasteiger partial charge < -0.3 is 57.1 Å². The summed E-state index contributed by atoms with van der Waals surface area (Å²) in [7, 11) is 0. The lowest BCUT2D eigenvalue weighted by atomic mass is 10.1. The molecule has 1 aromatic carbocycles. The zero-order valence-corrected chi connectivity index (χ0v) is 14.2. The number of ether oxygens (including phenoxy) is 2. The maximum atomic E-state index is 10.0. The van der Waals surface area contributed by atoms with E-state index in [1.165, 1.54) is 6.07 Å². The third kappa shape index (κ3) is 3.71. The predicted molar refractivity (Wildman–Crippen MR) is 86.4 cm³/mol. The zero-order valence-electron chi connectivity index (χ0n) is 14.2. The minimum Gasteiger partial charge on any atom is -0.399 e. The smallest absolute Gasteiger partial charge is 0.362 e. The third-order valence-corrected chi connectivity index (χ3v) is 3.91. The fourth-order valence-corrected chi connectivity index (χ4v) is 2.42. The monoisotopic (exact) mass is 393 g/mol. The van der Waals surface area contributed by atoms with Gasteiger partial charge in [-0.15, -0.1) is 0 Å². The number of hydrogen-bond acceptors (Lipinski definition) is 13. The minimum absolute atomic E-state index is 0.0347. The maximum absolute atomic E-state index is 10.0. The summed E-state index contributed by atoms with van der Waals surface area (Å²) in [5.74, 6) is -16.0. The summed E-state index contributed by atoms with van der Waals surface area (Å²) < 4.78 is 9.20. The molecule has 1 aromatic rings. The second kappa shape index (κ2) is 6.77. The van der Waals surface area contributed by atoms with Crippen molar-refractivity contribution in [2.75, 3.05) is 17.2 Å². The number of nitrogen functional groups attached to an aromatic ring is 1. The van der Waals surface area contributed by atoms with Gasteiger partial charge in [-0.1, -0.05) is 0 Å². The van der Waals surface area contributed by atoms with E-state index in [0.29, 0.717) is 0 Å². The SMILES string of the molecule is CC(CN)OCc1cc(N)cc(N2C(O)(O)C(O)(O)OC(O)(O)C2(O)O)c1. The molecule has 1 heterocycles. The molecule has 0 radical (unpaired) electrons. The van der Waals surface area contributed by atoms with Crippen LogP contribution in [0, 0.1) is 0 Å². The summed E-state index contributed by atoms with van der Waals surface area (Å²) >= 11 is 0. The summed E-state index contributed by atoms with van der Waals surface area (Å²) in [4.78, 5) is -0.310. The van der Waals surface area contributed by atoms with E-state index in [4.69, 9.17) is 16.2 Å². The van der Waals surface area contributed by atoms with Gasteiger partial charge in [0.2, 0.25) is 0 Å². The highest BCUT2D eigenvalue weighted by atomic mass is 16.9. The molecule has 1 aliphatic heterocycles. The Bertz CT molecular complexity index is 668. The van der Waals surface area contributed by atoms with Gasteiger partial charge in [0.15, 0.2) is 0 Å². The quantitative estimate of drug-likeness (QED) is 0.168. The Morgan fingerprint density at radius 3 is 2.00 bits per heavy atom. The number of morpholine rings is 1. The fraction of sp³-hybridized carbons (Fsp3) is 0.571. The molecule has 13 heteroatoms. The lowest BCUT2D eigenvalue weighted by molar-refractivity contribution is -0.606. The fourth-order valence-electron chi connectivity index (χ4n) is 2.42. The van der Waals surface area contributed by atoms with Crippen molar-refractivity contribution >= 4 is 11.4 Å². The van der Waals surface area contributed by atoms with Crippen LogP contribution >= 0.6 is 0 Å². The first-order valence-electron chi connectivity index (χ1n) is 7.66. The molecule has 1 saturated heterocycles. The Hall–Kier alpha value is -1.62. The molecule has 0 amide bonds. The van der Waals surface area contributed by atoms with Crippen molar-refractivity contribution in [2.24, 2.45) is 5.73 Å². The van der Waals surface area contributed by atoms with E-state index in [0.717, 1.165) is 12.1 Å². The van der Waals surface area contributed by atoms with Gasteiger partial charge in [0.05, 0.1) is 12.7 Å². The van der Waals surface area contributed by atoms with Gasteiger partial charge in [-0.25, -0.2) is 0 Å². The van der Waals surface area contributed by atoms with Gasteiger partial charge in [-0.2, -0.15) is 0 Å². The number of benzene rings is 1. The first-order chi connectivity index (χ1) is 12.2. The van der Waals surface area contributed by atoms with Gasteiger partial charge in [0.1, 0.15) is 0 Å². The van der Waals surface area contributed by atoms with E-state index >= 15 is 0 Å². The lowest BCUT2D eigenvalue weighted by Crippen LogP contribution is -2.84. The summed E-state index contributed by atoms with van der Waals surface area (Å²) in [6.45, 7) is 1.81. The molecular formula is C14H23N3O10. The summed E-state index contributed by atoms with van der Waals surface area (Å²) in [6, 6.07) is 3.46. The van der Waals surface area contributed by atoms with Gasteiger partial charge in [0.25, 0.3) is 0 Å². The molecule has 27 heavy (non-hydrogen) atoms. The Morgan fingerprint density at radius 1 is 1.00 bits per heavy atom. The number of rotatable bonds is 5. The van der Waals surface area contributed by atoms with Crippen molar-refractivity contribution in [1.82, 2.24) is 0 Å². The second-order valence-electron chi connectivity index (χ2n) is 6.21. The second-order valence-corrected chi connectivity index (χ2v) is 6.21. The van der Waals surface area contributed by atoms with Crippen LogP contribution in [0.25, 0.3) is 0 Å². The predicted octanol–water partition coefficient (Wildman–Crippen LogP) is -4.48. The van der Waals surface area contributed by atoms with Crippen LogP contribution in [-0.4, -0.2) is 77.3 Å². The van der Waals surface area contributed by atoms with Gasteiger partial charge >= 0.3 is 23.8 Å². The zero-order chi connectivity index (χ0) is 20.8. The van der Waals surface area contributed by atoms with Gasteiger partial charge in [0, 0.05) is 17.9 Å². The Morgan fingerprint density at radius 2 is 1.52 bits per heavy atom. The topological polar surface area (TPSA) is 236 Å². The molecule has 0 spiro atoms. The van der Waals surface area contributed by atoms with Crippen molar-refractivity contribution in [1.29, 1.82) is 0 Å². The maximum Gasteiger partial charge on any atom is 0.362 e. The van der Waals surface area contributed by atoms with Crippen LogP contribution in [0.4, 0.5) is 11.4 Å². The van der Waals surface area contributed by atoms with Crippen LogP contribution in [0.2, 0.25) is 0 Å². The molecular weight excluding hydrogens is 370 g/mol. The third-order valence-electron chi connectivity index (χ3n) is 3.91. The molecule has 1 aliphatic rings. The van der Waals surface area contributed by atoms with Crippen LogP contribution in [0.15, 0.2) is 18.2 Å². The molecule has 154 valence electrons. The minimum atomic E-state index is -4.05. The van der Waals surface area contributed by atoms with E-state index in [1.807, 2.05) is 0 Å². The van der Waals surface area contributed by atoms with E-state index in [-0.39, 0.29) is 35.4 Å². The van der Waals surface area contributed by atoms with Gasteiger partial charge in [-0.3, -0.25) is 9.64 Å². The average Bonchev–Trinajstić information content (AvgIpc) is 2.49. The van der Waals surface area contributed by atoms with Crippen molar-refractivity contribution < 1.29 is 50.3 Å². The molecule has 0 aliphatic carbocycles. The Balaban J connectivity index is 2.54. The highest BCUT2D eigenvalue weighted by molar-refractivity contribution is 5.60. The molecule has 0 saturated carbocycles. The van der Waals surface area contributed by atoms with E-state index < -0.39 is 29.5 Å². The van der Waals surface area contributed by atoms with Crippen LogP contribution in [0.5, 0.6) is 0 Å². The Labute approximate surface area is 152 Å². The first-order valence-corrected chi connectivity index (χ1v) is 7.66. The standard InChI is InChI=1S/C14H23N3O10/c1-7(5-15)26-6-8-2-9(16)4-10(3-8)17-11(18,19)13(22,23)27-14(24,25)12(17,20)21/h2-4,7,18-25H,5-6,15-16H2,1H3. The highest BCUT2D eigenvalue weighted by Gasteiger charge is 2.74. The number of aliphatic hydroxyl groups is 8. The van der Waals surface area contributed by atoms with Crippen molar-refractivity contribution in [2.45, 2.75) is 43.4 Å². The summed E-state index contributed by atoms with van der Waals surface area (Å²) in [5, 5.41) is 78.7. The highest BCUT2D eigenvalue weighted by Crippen LogP contribution is 2.44. The summed E-state index contributed by atoms with van der Waals surface area (Å²) in [5.41, 5.74) is 10.8. The number of nitrogens with zero attached hydrogens (tertiary/aromatic N) is 1. The van der Waals surface area contributed by atoms with E-state index in [9.17, 15) is 40.9 Å². The van der Waals surface area contributed by atoms with Crippen LogP contribution in [0.3, 0.4) is 0 Å². The number of nitrogens with two attached hydrogens (primary N) is 2. The van der Waals surface area contributed by atoms with Crippen LogP contribution in [-0.2, 0) is 16.1 Å². The molecule has 2 rings (SSSR count). The first kappa shape index (κ1) is 21.7. The summed E-state index contributed by atoms with van der Waals surface area (Å²) in [6.07, 6.45) is -0.340. The lowest BCUT2D eigenvalue weighted by Gasteiger charge is -2.55. The molecule has 0 bridgehead atoms. The number of hydrogen-bond donors (Lipinski definition) is 10. The molecule has 0 aromatic heterocycles. The normalized spacial score (nSPS) is 23.9. The Kier molecular flexibility index (Phi) is 5.43.